The van der Waals surface area contributed by atoms with Gasteiger partial charge in [-0.1, -0.05) is 24.3 Å². The molecule has 6 heteroatoms. The first-order chi connectivity index (χ1) is 11.3. The van der Waals surface area contributed by atoms with Crippen molar-refractivity contribution in [1.29, 1.82) is 0 Å². The Morgan fingerprint density at radius 2 is 1.92 bits per heavy atom. The van der Waals surface area contributed by atoms with Gasteiger partial charge in [-0.05, 0) is 47.4 Å². The molecule has 1 aromatic heterocycles. The maximum Gasteiger partial charge on any atom is 0.191 e. The number of rotatable bonds is 8. The second-order valence-electron chi connectivity index (χ2n) is 5.09. The molecule has 2 rings (SSSR count). The third-order valence-electron chi connectivity index (χ3n) is 3.37. The highest BCUT2D eigenvalue weighted by Gasteiger charge is 2.03. The van der Waals surface area contributed by atoms with Crippen LogP contribution in [-0.2, 0) is 24.4 Å². The van der Waals surface area contributed by atoms with Crippen LogP contribution in [0.3, 0.4) is 0 Å². The number of halogens is 1. The predicted molar refractivity (Wildman–Crippen MR) is 113 cm³/mol. The summed E-state index contributed by atoms with van der Waals surface area (Å²) in [6, 6.07) is 10.5. The van der Waals surface area contributed by atoms with E-state index < -0.39 is 0 Å². The fourth-order valence-electron chi connectivity index (χ4n) is 2.16. The molecule has 0 radical (unpaired) electrons. The summed E-state index contributed by atoms with van der Waals surface area (Å²) in [7, 11) is 0. The molecule has 132 valence electrons. The monoisotopic (exact) mass is 459 g/mol. The fraction of sp³-hybridized carbons (Fsp3) is 0.389. The lowest BCUT2D eigenvalue weighted by Gasteiger charge is -2.14. The van der Waals surface area contributed by atoms with E-state index in [4.69, 9.17) is 4.74 Å². The van der Waals surface area contributed by atoms with Gasteiger partial charge in [-0.15, -0.1) is 24.0 Å². The molecule has 0 saturated heterocycles. The van der Waals surface area contributed by atoms with Crippen LogP contribution in [-0.4, -0.2) is 19.1 Å². The largest absolute Gasteiger partial charge is 0.377 e. The molecule has 0 bridgehead atoms. The highest BCUT2D eigenvalue weighted by Crippen LogP contribution is 2.10. The summed E-state index contributed by atoms with van der Waals surface area (Å²) in [5.74, 6) is 0.838. The Bertz CT molecular complexity index is 602. The van der Waals surface area contributed by atoms with Gasteiger partial charge in [0, 0.05) is 19.7 Å². The Morgan fingerprint density at radius 1 is 1.12 bits per heavy atom. The molecular weight excluding hydrogens is 433 g/mol. The van der Waals surface area contributed by atoms with Crippen molar-refractivity contribution in [2.45, 2.75) is 33.5 Å². The van der Waals surface area contributed by atoms with Gasteiger partial charge in [0.15, 0.2) is 5.96 Å². The number of guanidine groups is 1. The van der Waals surface area contributed by atoms with Gasteiger partial charge in [0.1, 0.15) is 0 Å². The van der Waals surface area contributed by atoms with Crippen LogP contribution in [0.15, 0.2) is 46.1 Å². The summed E-state index contributed by atoms with van der Waals surface area (Å²) < 4.78 is 5.54. The van der Waals surface area contributed by atoms with Crippen molar-refractivity contribution >= 4 is 41.3 Å². The molecule has 0 atom stereocenters. The van der Waals surface area contributed by atoms with Gasteiger partial charge in [-0.3, -0.25) is 0 Å². The summed E-state index contributed by atoms with van der Waals surface area (Å²) in [5.41, 5.74) is 3.70. The Hall–Kier alpha value is -1.12. The van der Waals surface area contributed by atoms with Gasteiger partial charge in [-0.2, -0.15) is 11.3 Å². The SMILES string of the molecule is CCNC(=NCc1ccsc1)NCc1ccccc1COCC.I. The topological polar surface area (TPSA) is 45.7 Å². The van der Waals surface area contributed by atoms with E-state index in [0.29, 0.717) is 13.2 Å². The minimum absolute atomic E-state index is 0. The molecule has 0 amide bonds. The summed E-state index contributed by atoms with van der Waals surface area (Å²) in [6.45, 7) is 7.74. The van der Waals surface area contributed by atoms with E-state index in [2.05, 4.69) is 57.6 Å². The number of benzene rings is 1. The minimum Gasteiger partial charge on any atom is -0.377 e. The summed E-state index contributed by atoms with van der Waals surface area (Å²) >= 11 is 1.70. The molecule has 0 saturated carbocycles. The fourth-order valence-corrected chi connectivity index (χ4v) is 2.82. The van der Waals surface area contributed by atoms with E-state index in [1.54, 1.807) is 11.3 Å². The van der Waals surface area contributed by atoms with E-state index >= 15 is 0 Å². The first-order valence-electron chi connectivity index (χ1n) is 8.01. The number of nitrogens with zero attached hydrogens (tertiary/aromatic N) is 1. The van der Waals surface area contributed by atoms with Crippen LogP contribution in [0.1, 0.15) is 30.5 Å². The molecule has 0 aliphatic carbocycles. The van der Waals surface area contributed by atoms with Gasteiger partial charge in [-0.25, -0.2) is 4.99 Å². The number of thiophene rings is 1. The minimum atomic E-state index is 0. The Morgan fingerprint density at radius 3 is 2.58 bits per heavy atom. The van der Waals surface area contributed by atoms with Gasteiger partial charge in [0.05, 0.1) is 13.2 Å². The quantitative estimate of drug-likeness (QED) is 0.354. The van der Waals surface area contributed by atoms with E-state index in [0.717, 1.165) is 25.7 Å². The Kier molecular flexibility index (Phi) is 10.7. The third kappa shape index (κ3) is 7.19. The molecule has 24 heavy (non-hydrogen) atoms. The lowest BCUT2D eigenvalue weighted by atomic mass is 10.1. The second kappa shape index (κ2) is 12.3. The summed E-state index contributed by atoms with van der Waals surface area (Å²) in [6.07, 6.45) is 0. The molecule has 1 aromatic carbocycles. The molecule has 4 nitrogen and oxygen atoms in total. The molecule has 2 aromatic rings. The normalized spacial score (nSPS) is 11.0. The maximum absolute atomic E-state index is 5.54. The van der Waals surface area contributed by atoms with E-state index in [-0.39, 0.29) is 24.0 Å². The van der Waals surface area contributed by atoms with Crippen molar-refractivity contribution in [3.63, 3.8) is 0 Å². The number of hydrogen-bond acceptors (Lipinski definition) is 3. The lowest BCUT2D eigenvalue weighted by molar-refractivity contribution is 0.133. The average Bonchev–Trinajstić information content (AvgIpc) is 3.09. The number of nitrogens with one attached hydrogen (secondary N) is 2. The van der Waals surface area contributed by atoms with E-state index in [9.17, 15) is 0 Å². The van der Waals surface area contributed by atoms with Crippen LogP contribution >= 0.6 is 35.3 Å². The number of hydrogen-bond donors (Lipinski definition) is 2. The van der Waals surface area contributed by atoms with Crippen LogP contribution in [0.4, 0.5) is 0 Å². The van der Waals surface area contributed by atoms with Crippen LogP contribution in [0.5, 0.6) is 0 Å². The zero-order valence-corrected chi connectivity index (χ0v) is 17.4. The maximum atomic E-state index is 5.54. The number of ether oxygens (including phenoxy) is 1. The van der Waals surface area contributed by atoms with Crippen molar-refractivity contribution < 1.29 is 4.74 Å². The van der Waals surface area contributed by atoms with Gasteiger partial charge < -0.3 is 15.4 Å². The van der Waals surface area contributed by atoms with Crippen molar-refractivity contribution in [2.75, 3.05) is 13.2 Å². The Labute approximate surface area is 165 Å². The molecule has 0 aliphatic rings. The van der Waals surface area contributed by atoms with Crippen LogP contribution in [0.2, 0.25) is 0 Å². The second-order valence-corrected chi connectivity index (χ2v) is 5.87. The summed E-state index contributed by atoms with van der Waals surface area (Å²) in [4.78, 5) is 4.63. The third-order valence-corrected chi connectivity index (χ3v) is 4.10. The lowest BCUT2D eigenvalue weighted by Crippen LogP contribution is -2.37. The van der Waals surface area contributed by atoms with Gasteiger partial charge in [0.2, 0.25) is 0 Å². The van der Waals surface area contributed by atoms with Crippen molar-refractivity contribution in [3.05, 3.63) is 57.8 Å². The molecular formula is C18H26IN3OS. The first-order valence-corrected chi connectivity index (χ1v) is 8.95. The first kappa shape index (κ1) is 20.9. The Balaban J connectivity index is 0.00000288. The smallest absolute Gasteiger partial charge is 0.191 e. The van der Waals surface area contributed by atoms with Gasteiger partial charge in [0.25, 0.3) is 0 Å². The highest BCUT2D eigenvalue weighted by molar-refractivity contribution is 14.0. The average molecular weight is 459 g/mol. The molecule has 0 unspecified atom stereocenters. The van der Waals surface area contributed by atoms with Crippen LogP contribution < -0.4 is 10.6 Å². The van der Waals surface area contributed by atoms with Crippen molar-refractivity contribution in [2.24, 2.45) is 4.99 Å². The number of aliphatic imine (C=N–C) groups is 1. The molecule has 2 N–H and O–H groups in total. The zero-order valence-electron chi connectivity index (χ0n) is 14.2. The van der Waals surface area contributed by atoms with Crippen molar-refractivity contribution in [3.8, 4) is 0 Å². The van der Waals surface area contributed by atoms with E-state index in [1.165, 1.54) is 16.7 Å². The van der Waals surface area contributed by atoms with E-state index in [1.807, 2.05) is 13.0 Å². The van der Waals surface area contributed by atoms with Crippen LogP contribution in [0, 0.1) is 0 Å². The summed E-state index contributed by atoms with van der Waals surface area (Å²) in [5, 5.41) is 10.9. The zero-order chi connectivity index (χ0) is 16.3. The standard InChI is InChI=1S/C18H25N3OS.HI/c1-3-19-18(20-11-15-9-10-23-14-15)21-12-16-7-5-6-8-17(16)13-22-4-2;/h5-10,14H,3-4,11-13H2,1-2H3,(H2,19,20,21);1H. The molecule has 0 fully saturated rings. The highest BCUT2D eigenvalue weighted by atomic mass is 127. The molecule has 1 heterocycles. The molecule has 0 spiro atoms. The van der Waals surface area contributed by atoms with Crippen LogP contribution in [0.25, 0.3) is 0 Å². The molecule has 0 aliphatic heterocycles. The predicted octanol–water partition coefficient (Wildman–Crippen LogP) is 4.16. The van der Waals surface area contributed by atoms with Crippen molar-refractivity contribution in [1.82, 2.24) is 10.6 Å². The van der Waals surface area contributed by atoms with Gasteiger partial charge >= 0.3 is 0 Å².